The van der Waals surface area contributed by atoms with Gasteiger partial charge in [-0.25, -0.2) is 13.5 Å². The number of fused-ring (bicyclic) bond motifs is 1. The first-order chi connectivity index (χ1) is 7.82. The van der Waals surface area contributed by atoms with Gasteiger partial charge >= 0.3 is 0 Å². The van der Waals surface area contributed by atoms with Crippen molar-refractivity contribution < 1.29 is 8.78 Å². The van der Waals surface area contributed by atoms with E-state index in [0.717, 1.165) is 10.2 Å². The van der Waals surface area contributed by atoms with E-state index in [4.69, 9.17) is 0 Å². The minimum absolute atomic E-state index is 0.169. The zero-order valence-corrected chi connectivity index (χ0v) is 11.7. The van der Waals surface area contributed by atoms with E-state index in [1.54, 1.807) is 0 Å². The second-order valence-electron chi connectivity index (χ2n) is 5.32. The van der Waals surface area contributed by atoms with E-state index in [9.17, 15) is 8.78 Å². The first-order valence-corrected chi connectivity index (χ1v) is 6.42. The number of anilines is 1. The van der Waals surface area contributed by atoms with Crippen molar-refractivity contribution in [3.63, 3.8) is 0 Å². The highest BCUT2D eigenvalue weighted by Crippen LogP contribution is 2.39. The van der Waals surface area contributed by atoms with E-state index in [-0.39, 0.29) is 5.41 Å². The molecule has 1 aromatic heterocycles. The maximum absolute atomic E-state index is 12.9. The van der Waals surface area contributed by atoms with Crippen LogP contribution in [0.25, 0.3) is 0 Å². The zero-order chi connectivity index (χ0) is 12.8. The van der Waals surface area contributed by atoms with Crippen molar-refractivity contribution in [3.8, 4) is 0 Å². The van der Waals surface area contributed by atoms with Crippen LogP contribution in [0.5, 0.6) is 0 Å². The molecule has 96 valence electrons. The quantitative estimate of drug-likeness (QED) is 0.859. The lowest BCUT2D eigenvalue weighted by atomic mass is 9.92. The first-order valence-electron chi connectivity index (χ1n) is 5.63. The van der Waals surface area contributed by atoms with Crippen molar-refractivity contribution in [1.82, 2.24) is 9.78 Å². The largest absolute Gasteiger partial charge is 0.369 e. The minimum Gasteiger partial charge on any atom is -0.369 e. The van der Waals surface area contributed by atoms with Crippen molar-refractivity contribution >= 4 is 21.7 Å². The predicted octanol–water partition coefficient (Wildman–Crippen LogP) is 3.56. The Kier molecular flexibility index (Phi) is 3.18. The van der Waals surface area contributed by atoms with Crippen molar-refractivity contribution in [2.45, 2.75) is 45.1 Å². The summed E-state index contributed by atoms with van der Waals surface area (Å²) in [7, 11) is 0. The molecule has 1 atom stereocenters. The summed E-state index contributed by atoms with van der Waals surface area (Å²) in [6.45, 7) is 6.61. The first kappa shape index (κ1) is 12.8. The van der Waals surface area contributed by atoms with Crippen molar-refractivity contribution in [2.24, 2.45) is 0 Å². The number of aromatic nitrogens is 2. The Hall–Kier alpha value is -0.650. The highest BCUT2D eigenvalue weighted by Gasteiger charge is 2.33. The lowest BCUT2D eigenvalue weighted by molar-refractivity contribution is 0.0711. The fourth-order valence-electron chi connectivity index (χ4n) is 1.99. The molecule has 0 saturated heterocycles. The van der Waals surface area contributed by atoms with E-state index in [1.165, 1.54) is 4.68 Å². The molecule has 0 spiro atoms. The van der Waals surface area contributed by atoms with Crippen LogP contribution in [0.1, 0.15) is 38.9 Å². The van der Waals surface area contributed by atoms with Gasteiger partial charge in [0.25, 0.3) is 6.43 Å². The Morgan fingerprint density at radius 3 is 2.65 bits per heavy atom. The van der Waals surface area contributed by atoms with Gasteiger partial charge in [0.15, 0.2) is 0 Å². The van der Waals surface area contributed by atoms with E-state index >= 15 is 0 Å². The third-order valence-electron chi connectivity index (χ3n) is 2.90. The van der Waals surface area contributed by atoms with E-state index in [2.05, 4.69) is 26.3 Å². The Balaban J connectivity index is 2.50. The van der Waals surface area contributed by atoms with Gasteiger partial charge in [0, 0.05) is 12.0 Å². The monoisotopic (exact) mass is 307 g/mol. The van der Waals surface area contributed by atoms with Crippen LogP contribution in [-0.2, 0) is 5.41 Å². The number of alkyl halides is 2. The molecular weight excluding hydrogens is 292 g/mol. The van der Waals surface area contributed by atoms with Crippen LogP contribution in [0.3, 0.4) is 0 Å². The van der Waals surface area contributed by atoms with Crippen LogP contribution in [-0.4, -0.2) is 22.8 Å². The molecule has 0 aliphatic carbocycles. The number of halogens is 3. The molecule has 0 bridgehead atoms. The maximum atomic E-state index is 12.9. The summed E-state index contributed by atoms with van der Waals surface area (Å²) in [5.74, 6) is 0.673. The molecule has 0 amide bonds. The molecular formula is C11H16BrF2N3. The predicted molar refractivity (Wildman–Crippen MR) is 66.8 cm³/mol. The smallest absolute Gasteiger partial charge is 0.260 e. The average Bonchev–Trinajstić information content (AvgIpc) is 2.55. The van der Waals surface area contributed by atoms with Gasteiger partial charge < -0.3 is 5.32 Å². The van der Waals surface area contributed by atoms with Crippen LogP contribution >= 0.6 is 15.9 Å². The Morgan fingerprint density at radius 2 is 2.12 bits per heavy atom. The van der Waals surface area contributed by atoms with Crippen LogP contribution in [0.2, 0.25) is 0 Å². The summed E-state index contributed by atoms with van der Waals surface area (Å²) in [5.41, 5.74) is 0.643. The zero-order valence-electron chi connectivity index (χ0n) is 10.1. The lowest BCUT2D eigenvalue weighted by Crippen LogP contribution is -2.28. The van der Waals surface area contributed by atoms with Crippen molar-refractivity contribution in [1.29, 1.82) is 0 Å². The summed E-state index contributed by atoms with van der Waals surface area (Å²) in [6, 6.07) is -0.821. The van der Waals surface area contributed by atoms with Gasteiger partial charge in [-0.15, -0.1) is 0 Å². The van der Waals surface area contributed by atoms with Gasteiger partial charge in [0.2, 0.25) is 0 Å². The molecule has 2 rings (SSSR count). The van der Waals surface area contributed by atoms with Gasteiger partial charge in [0.1, 0.15) is 11.9 Å². The van der Waals surface area contributed by atoms with Crippen LogP contribution < -0.4 is 5.32 Å². The van der Waals surface area contributed by atoms with Crippen molar-refractivity contribution in [2.75, 3.05) is 11.9 Å². The third kappa shape index (κ3) is 2.19. The maximum Gasteiger partial charge on any atom is 0.260 e. The molecule has 1 N–H and O–H groups in total. The number of hydrogen-bond donors (Lipinski definition) is 1. The summed E-state index contributed by atoms with van der Waals surface area (Å²) < 4.78 is 28.1. The number of hydrogen-bond acceptors (Lipinski definition) is 2. The second-order valence-corrected chi connectivity index (χ2v) is 6.12. The van der Waals surface area contributed by atoms with E-state index < -0.39 is 12.5 Å². The highest BCUT2D eigenvalue weighted by atomic mass is 79.9. The van der Waals surface area contributed by atoms with Gasteiger partial charge in [-0.3, -0.25) is 0 Å². The summed E-state index contributed by atoms with van der Waals surface area (Å²) in [6.07, 6.45) is -1.97. The molecule has 0 aromatic carbocycles. The van der Waals surface area contributed by atoms with E-state index in [0.29, 0.717) is 18.8 Å². The minimum atomic E-state index is -2.38. The number of nitrogens with one attached hydrogen (secondary N) is 1. The lowest BCUT2D eigenvalue weighted by Gasteiger charge is -2.25. The molecule has 1 aromatic rings. The topological polar surface area (TPSA) is 29.9 Å². The molecule has 1 unspecified atom stereocenters. The Morgan fingerprint density at radius 1 is 1.47 bits per heavy atom. The summed E-state index contributed by atoms with van der Waals surface area (Å²) >= 11 is 3.46. The molecule has 3 nitrogen and oxygen atoms in total. The molecule has 2 heterocycles. The van der Waals surface area contributed by atoms with Crippen LogP contribution in [0.4, 0.5) is 14.6 Å². The molecule has 1 aliphatic rings. The highest BCUT2D eigenvalue weighted by molar-refractivity contribution is 9.10. The van der Waals surface area contributed by atoms with Gasteiger partial charge in [-0.05, 0) is 22.4 Å². The Labute approximate surface area is 108 Å². The summed E-state index contributed by atoms with van der Waals surface area (Å²) in [4.78, 5) is 0. The summed E-state index contributed by atoms with van der Waals surface area (Å²) in [5, 5.41) is 7.48. The Bertz CT molecular complexity index is 423. The fourth-order valence-corrected chi connectivity index (χ4v) is 2.98. The third-order valence-corrected chi connectivity index (χ3v) is 3.65. The van der Waals surface area contributed by atoms with Gasteiger partial charge in [-0.1, -0.05) is 20.8 Å². The molecule has 0 radical (unpaired) electrons. The molecule has 0 saturated carbocycles. The molecule has 17 heavy (non-hydrogen) atoms. The standard InChI is InChI=1S/C11H16BrF2N3/c1-11(2,3)8-7(12)10-15-5-4-6(9(13)14)17(10)16-8/h6,9,15H,4-5H2,1-3H3. The average molecular weight is 308 g/mol. The van der Waals surface area contributed by atoms with Crippen LogP contribution in [0.15, 0.2) is 4.47 Å². The van der Waals surface area contributed by atoms with Crippen LogP contribution in [0, 0.1) is 0 Å². The number of nitrogens with zero attached hydrogens (tertiary/aromatic N) is 2. The second kappa shape index (κ2) is 4.23. The SMILES string of the molecule is CC(C)(C)c1nn2c(c1Br)NCCC2C(F)F. The molecule has 6 heteroatoms. The van der Waals surface area contributed by atoms with Crippen molar-refractivity contribution in [3.05, 3.63) is 10.2 Å². The fraction of sp³-hybridized carbons (Fsp3) is 0.727. The normalized spacial score (nSPS) is 20.3. The number of rotatable bonds is 1. The molecule has 1 aliphatic heterocycles. The van der Waals surface area contributed by atoms with Gasteiger partial charge in [0.05, 0.1) is 10.2 Å². The van der Waals surface area contributed by atoms with Gasteiger partial charge in [-0.2, -0.15) is 5.10 Å². The molecule has 0 fully saturated rings. The van der Waals surface area contributed by atoms with E-state index in [1.807, 2.05) is 20.8 Å².